The van der Waals surface area contributed by atoms with E-state index < -0.39 is 11.8 Å². The van der Waals surface area contributed by atoms with Gasteiger partial charge in [0.05, 0.1) is 12.8 Å². The van der Waals surface area contributed by atoms with Crippen LogP contribution in [0.15, 0.2) is 77.3 Å². The zero-order valence-corrected chi connectivity index (χ0v) is 18.8. The molecule has 0 unspecified atom stereocenters. The Morgan fingerprint density at radius 3 is 2.53 bits per heavy atom. The van der Waals surface area contributed by atoms with Crippen molar-refractivity contribution in [3.63, 3.8) is 0 Å². The average molecular weight is 460 g/mol. The second-order valence-electron chi connectivity index (χ2n) is 7.25. The van der Waals surface area contributed by atoms with Crippen molar-refractivity contribution in [2.75, 3.05) is 17.7 Å². The smallest absolute Gasteiger partial charge is 0.291 e. The van der Waals surface area contributed by atoms with Gasteiger partial charge in [-0.25, -0.2) is 0 Å². The largest absolute Gasteiger partial charge is 0.497 e. The summed E-state index contributed by atoms with van der Waals surface area (Å²) in [4.78, 5) is 25.5. The normalized spacial score (nSPS) is 10.5. The van der Waals surface area contributed by atoms with Crippen LogP contribution in [0.3, 0.4) is 0 Å². The van der Waals surface area contributed by atoms with E-state index >= 15 is 0 Å². The van der Waals surface area contributed by atoms with Gasteiger partial charge in [0.2, 0.25) is 0 Å². The van der Waals surface area contributed by atoms with Gasteiger partial charge >= 0.3 is 0 Å². The van der Waals surface area contributed by atoms with Gasteiger partial charge in [-0.2, -0.15) is 5.10 Å². The molecule has 174 valence electrons. The van der Waals surface area contributed by atoms with Crippen molar-refractivity contribution in [3.05, 3.63) is 90.1 Å². The molecule has 2 aromatic heterocycles. The van der Waals surface area contributed by atoms with Crippen LogP contribution < -0.4 is 20.1 Å². The fourth-order valence-electron chi connectivity index (χ4n) is 3.16. The molecular weight excluding hydrogens is 436 g/mol. The Balaban J connectivity index is 1.43. The molecule has 2 amide bonds. The number of benzene rings is 2. The number of carbonyl (C=O) groups excluding carboxylic acids is 2. The van der Waals surface area contributed by atoms with Gasteiger partial charge in [-0.3, -0.25) is 14.3 Å². The third-order valence-corrected chi connectivity index (χ3v) is 4.89. The number of para-hydroxylation sites is 1. The van der Waals surface area contributed by atoms with E-state index in [1.807, 2.05) is 37.3 Å². The van der Waals surface area contributed by atoms with Crippen LogP contribution in [0.2, 0.25) is 0 Å². The fraction of sp³-hybridized carbons (Fsp3) is 0.160. The number of anilines is 2. The van der Waals surface area contributed by atoms with Crippen LogP contribution in [0.4, 0.5) is 11.4 Å². The highest BCUT2D eigenvalue weighted by atomic mass is 16.5. The van der Waals surface area contributed by atoms with E-state index in [2.05, 4.69) is 15.7 Å². The molecule has 0 spiro atoms. The summed E-state index contributed by atoms with van der Waals surface area (Å²) in [7, 11) is 1.58. The molecule has 0 saturated heterocycles. The molecule has 0 fully saturated rings. The van der Waals surface area contributed by atoms with Crippen LogP contribution in [-0.2, 0) is 13.2 Å². The third-order valence-electron chi connectivity index (χ3n) is 4.89. The molecular formula is C25H24N4O5. The molecule has 9 heteroatoms. The first-order valence-corrected chi connectivity index (χ1v) is 10.7. The van der Waals surface area contributed by atoms with Crippen molar-refractivity contribution < 1.29 is 23.5 Å². The summed E-state index contributed by atoms with van der Waals surface area (Å²) in [5.74, 6) is 0.916. The SMILES string of the molecule is CCn1cc(NC(=O)c2ccc(COc3cccc(OC)c3)o2)c(C(=O)Nc2ccccc2)n1. The van der Waals surface area contributed by atoms with E-state index in [4.69, 9.17) is 13.9 Å². The van der Waals surface area contributed by atoms with E-state index in [9.17, 15) is 9.59 Å². The number of nitrogens with zero attached hydrogens (tertiary/aromatic N) is 2. The fourth-order valence-corrected chi connectivity index (χ4v) is 3.16. The second kappa shape index (κ2) is 10.4. The number of furan rings is 1. The van der Waals surface area contributed by atoms with Gasteiger partial charge in [0.15, 0.2) is 11.5 Å². The Hall–Kier alpha value is -4.53. The van der Waals surface area contributed by atoms with Gasteiger partial charge in [0.1, 0.15) is 23.9 Å². The van der Waals surface area contributed by atoms with Crippen molar-refractivity contribution >= 4 is 23.2 Å². The molecule has 2 N–H and O–H groups in total. The van der Waals surface area contributed by atoms with E-state index in [1.54, 1.807) is 54.4 Å². The monoisotopic (exact) mass is 460 g/mol. The van der Waals surface area contributed by atoms with Crippen molar-refractivity contribution in [2.45, 2.75) is 20.1 Å². The summed E-state index contributed by atoms with van der Waals surface area (Å²) >= 11 is 0. The van der Waals surface area contributed by atoms with E-state index in [1.165, 1.54) is 0 Å². The summed E-state index contributed by atoms with van der Waals surface area (Å²) in [6.45, 7) is 2.56. The topological polar surface area (TPSA) is 108 Å². The van der Waals surface area contributed by atoms with E-state index in [0.29, 0.717) is 29.5 Å². The van der Waals surface area contributed by atoms with Gasteiger partial charge in [-0.05, 0) is 43.3 Å². The molecule has 0 saturated carbocycles. The number of hydrogen-bond donors (Lipinski definition) is 2. The molecule has 34 heavy (non-hydrogen) atoms. The summed E-state index contributed by atoms with van der Waals surface area (Å²) < 4.78 is 18.1. The standard InChI is InChI=1S/C25H24N4O5/c1-3-29-15-21(23(28-29)25(31)26-17-8-5-4-6-9-17)27-24(30)22-13-12-20(34-22)16-33-19-11-7-10-18(14-19)32-2/h4-15H,3,16H2,1-2H3,(H,26,31)(H,27,30). The second-order valence-corrected chi connectivity index (χ2v) is 7.25. The minimum Gasteiger partial charge on any atom is -0.497 e. The highest BCUT2D eigenvalue weighted by molar-refractivity contribution is 6.10. The van der Waals surface area contributed by atoms with Gasteiger partial charge in [-0.1, -0.05) is 24.3 Å². The summed E-state index contributed by atoms with van der Waals surface area (Å²) in [5, 5.41) is 9.78. The molecule has 4 rings (SSSR count). The maximum Gasteiger partial charge on any atom is 0.291 e. The highest BCUT2D eigenvalue weighted by Gasteiger charge is 2.21. The minimum absolute atomic E-state index is 0.0860. The minimum atomic E-state index is -0.503. The lowest BCUT2D eigenvalue weighted by Gasteiger charge is -2.06. The number of hydrogen-bond acceptors (Lipinski definition) is 6. The van der Waals surface area contributed by atoms with Gasteiger partial charge in [0, 0.05) is 24.5 Å². The zero-order valence-electron chi connectivity index (χ0n) is 18.8. The number of aromatic nitrogens is 2. The van der Waals surface area contributed by atoms with Crippen molar-refractivity contribution in [3.8, 4) is 11.5 Å². The van der Waals surface area contributed by atoms with Crippen LogP contribution in [0.1, 0.15) is 33.7 Å². The molecule has 2 heterocycles. The molecule has 4 aromatic rings. The molecule has 2 aromatic carbocycles. The van der Waals surface area contributed by atoms with Gasteiger partial charge in [0.25, 0.3) is 11.8 Å². The van der Waals surface area contributed by atoms with E-state index in [0.717, 1.165) is 0 Å². The highest BCUT2D eigenvalue weighted by Crippen LogP contribution is 2.21. The Morgan fingerprint density at radius 1 is 0.971 bits per heavy atom. The first-order valence-electron chi connectivity index (χ1n) is 10.7. The lowest BCUT2D eigenvalue weighted by molar-refractivity contribution is 0.0992. The molecule has 9 nitrogen and oxygen atoms in total. The predicted molar refractivity (Wildman–Crippen MR) is 126 cm³/mol. The zero-order chi connectivity index (χ0) is 23.9. The molecule has 0 aliphatic rings. The van der Waals surface area contributed by atoms with Gasteiger partial charge < -0.3 is 24.5 Å². The number of carbonyl (C=O) groups is 2. The molecule has 0 aliphatic heterocycles. The van der Waals surface area contributed by atoms with Crippen molar-refractivity contribution in [1.29, 1.82) is 0 Å². The lowest BCUT2D eigenvalue weighted by Crippen LogP contribution is -2.17. The molecule has 0 radical (unpaired) electrons. The lowest BCUT2D eigenvalue weighted by atomic mass is 10.3. The Labute approximate surface area is 196 Å². The molecule has 0 aliphatic carbocycles. The maximum absolute atomic E-state index is 12.8. The number of ether oxygens (including phenoxy) is 2. The van der Waals surface area contributed by atoms with Crippen LogP contribution in [0, 0.1) is 0 Å². The van der Waals surface area contributed by atoms with Crippen LogP contribution >= 0.6 is 0 Å². The number of aryl methyl sites for hydroxylation is 1. The third kappa shape index (κ3) is 5.44. The quantitative estimate of drug-likeness (QED) is 0.378. The number of methoxy groups -OCH3 is 1. The average Bonchev–Trinajstić information content (AvgIpc) is 3.51. The maximum atomic E-state index is 12.8. The molecule has 0 atom stereocenters. The summed E-state index contributed by atoms with van der Waals surface area (Å²) in [6.07, 6.45) is 1.60. The predicted octanol–water partition coefficient (Wildman–Crippen LogP) is 4.59. The first kappa shape index (κ1) is 22.7. The van der Waals surface area contributed by atoms with Crippen molar-refractivity contribution in [1.82, 2.24) is 9.78 Å². The molecule has 0 bridgehead atoms. The Morgan fingerprint density at radius 2 is 1.76 bits per heavy atom. The van der Waals surface area contributed by atoms with Crippen LogP contribution in [-0.4, -0.2) is 28.7 Å². The summed E-state index contributed by atoms with van der Waals surface area (Å²) in [6, 6.07) is 19.4. The number of amides is 2. The Kier molecular flexibility index (Phi) is 6.92. The number of rotatable bonds is 9. The van der Waals surface area contributed by atoms with Crippen LogP contribution in [0.5, 0.6) is 11.5 Å². The number of nitrogens with one attached hydrogen (secondary N) is 2. The Bertz CT molecular complexity index is 1280. The summed E-state index contributed by atoms with van der Waals surface area (Å²) in [5.41, 5.74) is 1.01. The van der Waals surface area contributed by atoms with Gasteiger partial charge in [-0.15, -0.1) is 0 Å². The first-order chi connectivity index (χ1) is 16.6. The van der Waals surface area contributed by atoms with E-state index in [-0.39, 0.29) is 23.7 Å². The van der Waals surface area contributed by atoms with Crippen LogP contribution in [0.25, 0.3) is 0 Å². The van der Waals surface area contributed by atoms with Crippen molar-refractivity contribution in [2.24, 2.45) is 0 Å².